The van der Waals surface area contributed by atoms with Gasteiger partial charge in [0.2, 0.25) is 5.91 Å². The highest BCUT2D eigenvalue weighted by atomic mass is 16.2. The van der Waals surface area contributed by atoms with Gasteiger partial charge in [-0.15, -0.1) is 0 Å². The number of benzene rings is 2. The number of carbonyl (C=O) groups excluding carboxylic acids is 1. The van der Waals surface area contributed by atoms with Crippen molar-refractivity contribution in [1.82, 2.24) is 4.90 Å². The lowest BCUT2D eigenvalue weighted by Crippen LogP contribution is -2.49. The summed E-state index contributed by atoms with van der Waals surface area (Å²) < 4.78 is 0. The molecule has 218 valence electrons. The Labute approximate surface area is 242 Å². The molecule has 6 heteroatoms. The molecule has 2 aliphatic heterocycles. The first kappa shape index (κ1) is 28.8. The molecular formula is C34H51N5O. The normalized spacial score (nSPS) is 21.8. The molecule has 3 aliphatic rings. The van der Waals surface area contributed by atoms with E-state index in [1.165, 1.54) is 49.0 Å². The Morgan fingerprint density at radius 1 is 1.02 bits per heavy atom. The Balaban J connectivity index is 1.34. The minimum absolute atomic E-state index is 0.118. The first-order valence-corrected chi connectivity index (χ1v) is 15.9. The van der Waals surface area contributed by atoms with E-state index in [2.05, 4.69) is 90.2 Å². The third kappa shape index (κ3) is 6.43. The molecule has 0 bridgehead atoms. The van der Waals surface area contributed by atoms with Crippen molar-refractivity contribution < 1.29 is 4.79 Å². The summed E-state index contributed by atoms with van der Waals surface area (Å²) in [6, 6.07) is 16.7. The molecule has 1 aliphatic carbocycles. The zero-order valence-corrected chi connectivity index (χ0v) is 25.5. The van der Waals surface area contributed by atoms with Gasteiger partial charge < -0.3 is 20.0 Å². The number of amides is 1. The second-order valence-electron chi connectivity index (χ2n) is 12.7. The molecule has 0 aromatic heterocycles. The van der Waals surface area contributed by atoms with Gasteiger partial charge in [0.1, 0.15) is 0 Å². The summed E-state index contributed by atoms with van der Waals surface area (Å²) >= 11 is 0. The van der Waals surface area contributed by atoms with Crippen LogP contribution in [0.2, 0.25) is 0 Å². The number of nitrogens with zero attached hydrogens (tertiary/aromatic N) is 4. The summed E-state index contributed by atoms with van der Waals surface area (Å²) in [7, 11) is 0. The van der Waals surface area contributed by atoms with Crippen LogP contribution in [0.3, 0.4) is 0 Å². The van der Waals surface area contributed by atoms with Crippen LogP contribution < -0.4 is 20.0 Å². The fraction of sp³-hybridized carbons (Fsp3) is 0.618. The molecule has 5 rings (SSSR count). The average Bonchev–Trinajstić information content (AvgIpc) is 2.92. The van der Waals surface area contributed by atoms with Crippen molar-refractivity contribution >= 4 is 28.7 Å². The number of fused-ring (bicyclic) bond motifs is 1. The number of rotatable bonds is 10. The Kier molecular flexibility index (Phi) is 9.24. The molecule has 2 heterocycles. The van der Waals surface area contributed by atoms with E-state index >= 15 is 0 Å². The quantitative estimate of drug-likeness (QED) is 0.351. The van der Waals surface area contributed by atoms with Gasteiger partial charge in [0.15, 0.2) is 0 Å². The first-order chi connectivity index (χ1) is 19.3. The zero-order chi connectivity index (χ0) is 28.2. The summed E-state index contributed by atoms with van der Waals surface area (Å²) in [5, 5.41) is 3.86. The predicted molar refractivity (Wildman–Crippen MR) is 170 cm³/mol. The SMILES string of the molecule is CCCN(CCC1CCC1)c1ccc(NC2CC(C)N(C(C)=O)c3ccc(N4CCN(C(C)C)CC4)cc32)cc1. The first-order valence-electron chi connectivity index (χ1n) is 15.9. The molecule has 1 saturated carbocycles. The highest BCUT2D eigenvalue weighted by Crippen LogP contribution is 2.41. The van der Waals surface area contributed by atoms with Crippen LogP contribution in [0, 0.1) is 5.92 Å². The van der Waals surface area contributed by atoms with Crippen molar-refractivity contribution in [2.45, 2.75) is 91.3 Å². The fourth-order valence-electron chi connectivity index (χ4n) is 6.89. The van der Waals surface area contributed by atoms with Crippen LogP contribution in [0.4, 0.5) is 22.7 Å². The average molecular weight is 546 g/mol. The van der Waals surface area contributed by atoms with Gasteiger partial charge in [-0.1, -0.05) is 26.2 Å². The van der Waals surface area contributed by atoms with Crippen molar-refractivity contribution in [1.29, 1.82) is 0 Å². The molecule has 0 radical (unpaired) electrons. The zero-order valence-electron chi connectivity index (χ0n) is 25.5. The molecule has 1 N–H and O–H groups in total. The van der Waals surface area contributed by atoms with E-state index in [0.29, 0.717) is 6.04 Å². The molecule has 40 heavy (non-hydrogen) atoms. The van der Waals surface area contributed by atoms with E-state index in [9.17, 15) is 4.79 Å². The summed E-state index contributed by atoms with van der Waals surface area (Å²) in [5.41, 5.74) is 6.03. The van der Waals surface area contributed by atoms with Gasteiger partial charge >= 0.3 is 0 Å². The van der Waals surface area contributed by atoms with Crippen molar-refractivity contribution in [2.75, 3.05) is 59.3 Å². The van der Waals surface area contributed by atoms with Crippen molar-refractivity contribution in [3.63, 3.8) is 0 Å². The molecule has 6 nitrogen and oxygen atoms in total. The Hall–Kier alpha value is -2.73. The largest absolute Gasteiger partial charge is 0.378 e. The van der Waals surface area contributed by atoms with Crippen LogP contribution >= 0.6 is 0 Å². The van der Waals surface area contributed by atoms with Gasteiger partial charge in [-0.3, -0.25) is 9.69 Å². The third-order valence-corrected chi connectivity index (χ3v) is 9.51. The third-order valence-electron chi connectivity index (χ3n) is 9.51. The van der Waals surface area contributed by atoms with Crippen molar-refractivity contribution in [2.24, 2.45) is 5.92 Å². The summed E-state index contributed by atoms with van der Waals surface area (Å²) in [6.07, 6.45) is 7.63. The van der Waals surface area contributed by atoms with E-state index in [4.69, 9.17) is 0 Å². The Bertz CT molecular complexity index is 1120. The molecule has 2 unspecified atom stereocenters. The Morgan fingerprint density at radius 2 is 1.75 bits per heavy atom. The summed E-state index contributed by atoms with van der Waals surface area (Å²) in [6.45, 7) is 17.2. The maximum atomic E-state index is 12.7. The van der Waals surface area contributed by atoms with E-state index in [0.717, 1.165) is 63.0 Å². The smallest absolute Gasteiger partial charge is 0.224 e. The van der Waals surface area contributed by atoms with Gasteiger partial charge in [0.05, 0.1) is 6.04 Å². The van der Waals surface area contributed by atoms with Crippen LogP contribution in [0.5, 0.6) is 0 Å². The number of hydrogen-bond acceptors (Lipinski definition) is 5. The van der Waals surface area contributed by atoms with Gasteiger partial charge in [0, 0.05) is 86.6 Å². The van der Waals surface area contributed by atoms with Crippen molar-refractivity contribution in [3.8, 4) is 0 Å². The van der Waals surface area contributed by atoms with Crippen LogP contribution in [-0.2, 0) is 4.79 Å². The fourth-order valence-corrected chi connectivity index (χ4v) is 6.89. The van der Waals surface area contributed by atoms with Crippen LogP contribution in [0.15, 0.2) is 42.5 Å². The highest BCUT2D eigenvalue weighted by molar-refractivity contribution is 5.94. The predicted octanol–water partition coefficient (Wildman–Crippen LogP) is 6.92. The van der Waals surface area contributed by atoms with E-state index < -0.39 is 0 Å². The van der Waals surface area contributed by atoms with E-state index in [1.54, 1.807) is 6.92 Å². The maximum Gasteiger partial charge on any atom is 0.224 e. The van der Waals surface area contributed by atoms with Crippen LogP contribution in [0.25, 0.3) is 0 Å². The van der Waals surface area contributed by atoms with Gasteiger partial charge in [0.25, 0.3) is 0 Å². The Morgan fingerprint density at radius 3 is 2.35 bits per heavy atom. The number of nitrogens with one attached hydrogen (secondary N) is 1. The summed E-state index contributed by atoms with van der Waals surface area (Å²) in [4.78, 5) is 22.3. The monoisotopic (exact) mass is 545 g/mol. The van der Waals surface area contributed by atoms with Crippen LogP contribution in [-0.4, -0.2) is 62.2 Å². The van der Waals surface area contributed by atoms with Gasteiger partial charge in [-0.2, -0.15) is 0 Å². The maximum absolute atomic E-state index is 12.7. The molecule has 2 aromatic rings. The van der Waals surface area contributed by atoms with E-state index in [-0.39, 0.29) is 18.0 Å². The standard InChI is InChI=1S/C34H51N5O/c1-6-17-37(18-16-28-8-7-9-28)30-12-10-29(11-13-30)35-33-23-26(4)39(27(5)40)34-15-14-31(24-32(33)34)38-21-19-36(20-22-38)25(2)3/h10-15,24-26,28,33,35H,6-9,16-23H2,1-5H3. The molecule has 2 atom stereocenters. The molecular weight excluding hydrogens is 494 g/mol. The summed E-state index contributed by atoms with van der Waals surface area (Å²) in [5.74, 6) is 1.06. The van der Waals surface area contributed by atoms with Gasteiger partial charge in [-0.05, 0) is 88.4 Å². The number of hydrogen-bond donors (Lipinski definition) is 1. The van der Waals surface area contributed by atoms with E-state index in [1.807, 2.05) is 4.90 Å². The molecule has 0 spiro atoms. The minimum atomic E-state index is 0.118. The molecule has 2 fully saturated rings. The van der Waals surface area contributed by atoms with Crippen molar-refractivity contribution in [3.05, 3.63) is 48.0 Å². The number of anilines is 4. The molecule has 2 aromatic carbocycles. The van der Waals surface area contributed by atoms with Gasteiger partial charge in [-0.25, -0.2) is 0 Å². The highest BCUT2D eigenvalue weighted by Gasteiger charge is 2.33. The lowest BCUT2D eigenvalue weighted by atomic mass is 9.83. The number of piperazine rings is 1. The topological polar surface area (TPSA) is 42.1 Å². The molecule has 1 saturated heterocycles. The molecule has 1 amide bonds. The van der Waals surface area contributed by atoms with Crippen LogP contribution in [0.1, 0.15) is 84.7 Å². The second kappa shape index (κ2) is 12.8. The number of carbonyl (C=O) groups is 1. The second-order valence-corrected chi connectivity index (χ2v) is 12.7. The lowest BCUT2D eigenvalue weighted by Gasteiger charge is -2.41. The lowest BCUT2D eigenvalue weighted by molar-refractivity contribution is -0.117. The minimum Gasteiger partial charge on any atom is -0.378 e.